The molecule has 0 aliphatic heterocycles. The Labute approximate surface area is 141 Å². The van der Waals surface area contributed by atoms with E-state index >= 15 is 0 Å². The van der Waals surface area contributed by atoms with Gasteiger partial charge in [0.15, 0.2) is 0 Å². The van der Waals surface area contributed by atoms with Crippen molar-refractivity contribution in [3.8, 4) is 0 Å². The van der Waals surface area contributed by atoms with Gasteiger partial charge in [-0.2, -0.15) is 0 Å². The van der Waals surface area contributed by atoms with Crippen LogP contribution in [-0.4, -0.2) is 29.3 Å². The third kappa shape index (κ3) is 3.50. The second-order valence-corrected chi connectivity index (χ2v) is 6.22. The molecular weight excluding hydrogens is 304 g/mol. The smallest absolute Gasteiger partial charge is 0.251 e. The molecule has 5 heteroatoms. The Morgan fingerprint density at radius 2 is 2.00 bits per heavy atom. The Morgan fingerprint density at radius 3 is 2.62 bits per heavy atom. The monoisotopic (exact) mass is 326 g/mol. The van der Waals surface area contributed by atoms with Crippen molar-refractivity contribution in [1.29, 1.82) is 0 Å². The number of carbonyl (C=O) groups excluding carboxylic acids is 2. The lowest BCUT2D eigenvalue weighted by Gasteiger charge is -2.28. The van der Waals surface area contributed by atoms with E-state index in [2.05, 4.69) is 5.32 Å². The number of hydrogen-bond acceptors (Lipinski definition) is 3. The first kappa shape index (κ1) is 16.3. The zero-order valence-electron chi connectivity index (χ0n) is 14.0. The van der Waals surface area contributed by atoms with E-state index in [1.807, 2.05) is 49.1 Å². The number of carbonyl (C=O) groups is 2. The summed E-state index contributed by atoms with van der Waals surface area (Å²) in [6, 6.07) is 11.2. The molecule has 1 heterocycles. The van der Waals surface area contributed by atoms with Gasteiger partial charge in [-0.15, -0.1) is 0 Å². The van der Waals surface area contributed by atoms with E-state index in [1.54, 1.807) is 12.3 Å². The molecule has 1 fully saturated rings. The molecule has 0 saturated heterocycles. The van der Waals surface area contributed by atoms with Gasteiger partial charge in [-0.25, -0.2) is 0 Å². The van der Waals surface area contributed by atoms with Gasteiger partial charge in [0.1, 0.15) is 5.76 Å². The first-order valence-corrected chi connectivity index (χ1v) is 8.26. The molecular formula is C19H22N2O3. The molecule has 2 amide bonds. The van der Waals surface area contributed by atoms with E-state index in [0.29, 0.717) is 5.56 Å². The maximum atomic E-state index is 12.7. The lowest BCUT2D eigenvalue weighted by molar-refractivity contribution is -0.133. The zero-order valence-corrected chi connectivity index (χ0v) is 14.0. The van der Waals surface area contributed by atoms with E-state index in [-0.39, 0.29) is 30.4 Å². The quantitative estimate of drug-likeness (QED) is 0.887. The molecule has 1 aliphatic rings. The van der Waals surface area contributed by atoms with Crippen molar-refractivity contribution in [1.82, 2.24) is 10.2 Å². The molecule has 1 unspecified atom stereocenters. The van der Waals surface area contributed by atoms with Gasteiger partial charge in [-0.1, -0.05) is 18.2 Å². The summed E-state index contributed by atoms with van der Waals surface area (Å²) in [6.07, 6.45) is 3.62. The summed E-state index contributed by atoms with van der Waals surface area (Å²) in [6.45, 7) is 3.83. The van der Waals surface area contributed by atoms with Crippen molar-refractivity contribution >= 4 is 11.8 Å². The fraction of sp³-hybridized carbons (Fsp3) is 0.368. The number of benzene rings is 1. The molecule has 3 rings (SSSR count). The third-order valence-corrected chi connectivity index (χ3v) is 4.39. The highest BCUT2D eigenvalue weighted by atomic mass is 16.3. The summed E-state index contributed by atoms with van der Waals surface area (Å²) in [4.78, 5) is 26.8. The molecule has 1 aromatic carbocycles. The molecule has 1 aromatic heterocycles. The second kappa shape index (κ2) is 6.91. The Morgan fingerprint density at radius 1 is 1.25 bits per heavy atom. The molecule has 1 saturated carbocycles. The molecule has 1 N–H and O–H groups in total. The van der Waals surface area contributed by atoms with Crippen LogP contribution in [0, 0.1) is 6.92 Å². The number of rotatable bonds is 6. The van der Waals surface area contributed by atoms with Gasteiger partial charge in [0, 0.05) is 11.6 Å². The molecule has 1 atom stereocenters. The summed E-state index contributed by atoms with van der Waals surface area (Å²) < 4.78 is 5.43. The second-order valence-electron chi connectivity index (χ2n) is 6.22. The predicted octanol–water partition coefficient (Wildman–Crippen LogP) is 3.07. The highest BCUT2D eigenvalue weighted by molar-refractivity contribution is 5.97. The van der Waals surface area contributed by atoms with Crippen molar-refractivity contribution in [2.45, 2.75) is 38.8 Å². The normalized spacial score (nSPS) is 14.9. The van der Waals surface area contributed by atoms with Crippen molar-refractivity contribution in [2.75, 3.05) is 6.54 Å². The lowest BCUT2D eigenvalue weighted by Crippen LogP contribution is -2.42. The van der Waals surface area contributed by atoms with Crippen LogP contribution in [-0.2, 0) is 4.79 Å². The molecule has 1 aliphatic carbocycles. The third-order valence-electron chi connectivity index (χ3n) is 4.39. The van der Waals surface area contributed by atoms with Gasteiger partial charge in [0.25, 0.3) is 5.91 Å². The minimum atomic E-state index is -0.220. The Kier molecular flexibility index (Phi) is 4.69. The maximum Gasteiger partial charge on any atom is 0.251 e. The van der Waals surface area contributed by atoms with E-state index in [9.17, 15) is 9.59 Å². The zero-order chi connectivity index (χ0) is 17.1. The van der Waals surface area contributed by atoms with E-state index < -0.39 is 0 Å². The van der Waals surface area contributed by atoms with Crippen LogP contribution < -0.4 is 5.32 Å². The standard InChI is InChI=1S/C19H22N2O3/c1-13-6-3-4-7-16(13)19(23)20-12-18(22)21(15-9-10-15)14(2)17-8-5-11-24-17/h3-8,11,14-15H,9-10,12H2,1-2H3,(H,20,23). The lowest BCUT2D eigenvalue weighted by atomic mass is 10.1. The Balaban J connectivity index is 1.64. The molecule has 5 nitrogen and oxygen atoms in total. The van der Waals surface area contributed by atoms with Crippen LogP contribution in [0.1, 0.15) is 47.5 Å². The summed E-state index contributed by atoms with van der Waals surface area (Å²) in [7, 11) is 0. The summed E-state index contributed by atoms with van der Waals surface area (Å²) in [5.74, 6) is 0.465. The highest BCUT2D eigenvalue weighted by Gasteiger charge is 2.37. The average Bonchev–Trinajstić information content (AvgIpc) is 3.24. The highest BCUT2D eigenvalue weighted by Crippen LogP contribution is 2.34. The van der Waals surface area contributed by atoms with Crippen molar-refractivity contribution in [3.63, 3.8) is 0 Å². The van der Waals surface area contributed by atoms with Crippen LogP contribution in [0.25, 0.3) is 0 Å². The number of nitrogens with zero attached hydrogens (tertiary/aromatic N) is 1. The molecule has 0 bridgehead atoms. The van der Waals surface area contributed by atoms with E-state index in [0.717, 1.165) is 24.2 Å². The molecule has 0 radical (unpaired) electrons. The van der Waals surface area contributed by atoms with E-state index in [4.69, 9.17) is 4.42 Å². The van der Waals surface area contributed by atoms with Gasteiger partial charge in [0.2, 0.25) is 5.91 Å². The van der Waals surface area contributed by atoms with Crippen molar-refractivity contribution < 1.29 is 14.0 Å². The fourth-order valence-corrected chi connectivity index (χ4v) is 2.92. The average molecular weight is 326 g/mol. The first-order chi connectivity index (χ1) is 11.6. The molecule has 24 heavy (non-hydrogen) atoms. The Hall–Kier alpha value is -2.56. The molecule has 2 aromatic rings. The van der Waals surface area contributed by atoms with Gasteiger partial charge >= 0.3 is 0 Å². The van der Waals surface area contributed by atoms with Crippen LogP contribution in [0.3, 0.4) is 0 Å². The summed E-state index contributed by atoms with van der Waals surface area (Å²) in [5, 5.41) is 2.74. The number of furan rings is 1. The summed E-state index contributed by atoms with van der Waals surface area (Å²) >= 11 is 0. The van der Waals surface area contributed by atoms with Gasteiger partial charge < -0.3 is 14.6 Å². The number of hydrogen-bond donors (Lipinski definition) is 1. The largest absolute Gasteiger partial charge is 0.467 e. The first-order valence-electron chi connectivity index (χ1n) is 8.26. The number of nitrogens with one attached hydrogen (secondary N) is 1. The van der Waals surface area contributed by atoms with Gasteiger partial charge in [-0.3, -0.25) is 9.59 Å². The minimum absolute atomic E-state index is 0.00524. The van der Waals surface area contributed by atoms with Crippen LogP contribution in [0.5, 0.6) is 0 Å². The van der Waals surface area contributed by atoms with Gasteiger partial charge in [-0.05, 0) is 50.5 Å². The fourth-order valence-electron chi connectivity index (χ4n) is 2.92. The SMILES string of the molecule is Cc1ccccc1C(=O)NCC(=O)N(C1CC1)C(C)c1ccco1. The minimum Gasteiger partial charge on any atom is -0.467 e. The predicted molar refractivity (Wildman–Crippen MR) is 90.5 cm³/mol. The number of amides is 2. The number of aryl methyl sites for hydroxylation is 1. The van der Waals surface area contributed by atoms with Crippen LogP contribution in [0.4, 0.5) is 0 Å². The van der Waals surface area contributed by atoms with Crippen LogP contribution in [0.2, 0.25) is 0 Å². The molecule has 126 valence electrons. The van der Waals surface area contributed by atoms with Crippen LogP contribution in [0.15, 0.2) is 47.1 Å². The summed E-state index contributed by atoms with van der Waals surface area (Å²) in [5.41, 5.74) is 1.49. The Bertz CT molecular complexity index is 720. The molecule has 0 spiro atoms. The topological polar surface area (TPSA) is 62.6 Å². The maximum absolute atomic E-state index is 12.7. The van der Waals surface area contributed by atoms with Crippen molar-refractivity contribution in [2.24, 2.45) is 0 Å². The van der Waals surface area contributed by atoms with E-state index in [1.165, 1.54) is 0 Å². The van der Waals surface area contributed by atoms with Gasteiger partial charge in [0.05, 0.1) is 18.8 Å². The van der Waals surface area contributed by atoms with Crippen molar-refractivity contribution in [3.05, 3.63) is 59.5 Å². The van der Waals surface area contributed by atoms with Crippen LogP contribution >= 0.6 is 0 Å².